The zero-order valence-electron chi connectivity index (χ0n) is 20.3. The fourth-order valence-electron chi connectivity index (χ4n) is 4.32. The van der Waals surface area contributed by atoms with E-state index in [0.717, 1.165) is 29.9 Å². The van der Waals surface area contributed by atoms with E-state index in [-0.39, 0.29) is 11.8 Å². The SMILES string of the molecule is CCN(CC)c1ccc(/C=[N+]2\NC(=O)[C@@H](NC(=O)c3ccc(OC)cc3)[C@H]2c2ccccc2)cc1. The Morgan fingerprint density at radius 2 is 1.66 bits per heavy atom. The number of hydrazine groups is 1. The van der Waals surface area contributed by atoms with E-state index in [0.29, 0.717) is 11.3 Å². The first-order valence-electron chi connectivity index (χ1n) is 11.8. The molecule has 1 heterocycles. The van der Waals surface area contributed by atoms with Crippen LogP contribution in [0.1, 0.15) is 41.4 Å². The van der Waals surface area contributed by atoms with Crippen molar-refractivity contribution in [2.24, 2.45) is 0 Å². The number of amides is 2. The number of hydrazone groups is 1. The van der Waals surface area contributed by atoms with Crippen molar-refractivity contribution in [2.75, 3.05) is 25.1 Å². The predicted molar refractivity (Wildman–Crippen MR) is 137 cm³/mol. The van der Waals surface area contributed by atoms with Crippen LogP contribution in [0.3, 0.4) is 0 Å². The average molecular weight is 472 g/mol. The van der Waals surface area contributed by atoms with Gasteiger partial charge < -0.3 is 15.0 Å². The summed E-state index contributed by atoms with van der Waals surface area (Å²) >= 11 is 0. The number of anilines is 1. The molecular formula is C28H31N4O3+. The van der Waals surface area contributed by atoms with Crippen LogP contribution in [0.5, 0.6) is 5.75 Å². The second-order valence-electron chi connectivity index (χ2n) is 8.31. The lowest BCUT2D eigenvalue weighted by Gasteiger charge is -2.20. The minimum atomic E-state index is -0.766. The number of rotatable bonds is 8. The Bertz CT molecular complexity index is 1190. The van der Waals surface area contributed by atoms with Gasteiger partial charge in [0, 0.05) is 35.5 Å². The van der Waals surface area contributed by atoms with Gasteiger partial charge in [-0.2, -0.15) is 0 Å². The summed E-state index contributed by atoms with van der Waals surface area (Å²) in [6.45, 7) is 6.14. The molecule has 1 aliphatic heterocycles. The van der Waals surface area contributed by atoms with Gasteiger partial charge in [-0.05, 0) is 62.4 Å². The molecule has 0 spiro atoms. The lowest BCUT2D eigenvalue weighted by Crippen LogP contribution is -2.42. The van der Waals surface area contributed by atoms with Crippen molar-refractivity contribution in [3.8, 4) is 5.75 Å². The molecule has 1 saturated heterocycles. The lowest BCUT2D eigenvalue weighted by atomic mass is 10.00. The smallest absolute Gasteiger partial charge is 0.304 e. The molecule has 7 nitrogen and oxygen atoms in total. The standard InChI is InChI=1S/C28H30N4O3/c1-4-31(5-2)23-15-11-20(12-16-23)19-32-26(21-9-7-6-8-10-21)25(28(34)30-32)29-27(33)22-13-17-24(35-3)18-14-22/h6-19,25-26H,4-5H2,1-3H3,(H-,29,30,33,34)/p+1/t25-,26+/m0/s1. The summed E-state index contributed by atoms with van der Waals surface area (Å²) in [5, 5.41) is 2.93. The van der Waals surface area contributed by atoms with Crippen molar-refractivity contribution in [3.63, 3.8) is 0 Å². The largest absolute Gasteiger partial charge is 0.497 e. The Hall–Kier alpha value is -4.13. The van der Waals surface area contributed by atoms with Crippen molar-refractivity contribution < 1.29 is 19.0 Å². The first-order chi connectivity index (χ1) is 17.0. The topological polar surface area (TPSA) is 73.7 Å². The monoisotopic (exact) mass is 471 g/mol. The van der Waals surface area contributed by atoms with Gasteiger partial charge in [0.1, 0.15) is 5.75 Å². The minimum Gasteiger partial charge on any atom is -0.497 e. The van der Waals surface area contributed by atoms with E-state index >= 15 is 0 Å². The molecule has 0 bridgehead atoms. The zero-order chi connectivity index (χ0) is 24.8. The molecule has 1 aliphatic rings. The number of nitrogens with zero attached hydrogens (tertiary/aromatic N) is 2. The molecule has 4 rings (SSSR count). The van der Waals surface area contributed by atoms with Gasteiger partial charge in [-0.25, -0.2) is 0 Å². The summed E-state index contributed by atoms with van der Waals surface area (Å²) in [6.07, 6.45) is 1.90. The van der Waals surface area contributed by atoms with Crippen molar-refractivity contribution in [3.05, 3.63) is 95.6 Å². The van der Waals surface area contributed by atoms with Gasteiger partial charge in [-0.15, -0.1) is 10.1 Å². The summed E-state index contributed by atoms with van der Waals surface area (Å²) in [5.41, 5.74) is 6.41. The third-order valence-electron chi connectivity index (χ3n) is 6.23. The maximum atomic E-state index is 13.0. The molecule has 2 amide bonds. The highest BCUT2D eigenvalue weighted by atomic mass is 16.5. The normalized spacial score (nSPS) is 18.3. The van der Waals surface area contributed by atoms with Gasteiger partial charge >= 0.3 is 5.91 Å². The van der Waals surface area contributed by atoms with Gasteiger partial charge in [0.05, 0.1) is 7.11 Å². The van der Waals surface area contributed by atoms with Crippen molar-refractivity contribution in [1.82, 2.24) is 10.7 Å². The van der Waals surface area contributed by atoms with Crippen LogP contribution < -0.4 is 20.4 Å². The third-order valence-corrected chi connectivity index (χ3v) is 6.23. The Labute approximate surface area is 206 Å². The fraction of sp³-hybridized carbons (Fsp3) is 0.250. The molecule has 0 unspecified atom stereocenters. The van der Waals surface area contributed by atoms with E-state index in [1.165, 1.54) is 0 Å². The number of nitrogens with one attached hydrogen (secondary N) is 2. The number of carbonyl (C=O) groups excluding carboxylic acids is 2. The molecule has 1 fully saturated rings. The maximum Gasteiger partial charge on any atom is 0.304 e. The average Bonchev–Trinajstić information content (AvgIpc) is 3.20. The van der Waals surface area contributed by atoms with Crippen LogP contribution in [0.15, 0.2) is 78.9 Å². The molecule has 0 aliphatic carbocycles. The van der Waals surface area contributed by atoms with Crippen LogP contribution >= 0.6 is 0 Å². The quantitative estimate of drug-likeness (QED) is 0.493. The number of hydrogen-bond donors (Lipinski definition) is 2. The Balaban J connectivity index is 1.63. The maximum absolute atomic E-state index is 13.0. The summed E-state index contributed by atoms with van der Waals surface area (Å²) in [5.74, 6) is 0.0750. The number of carbonyl (C=O) groups is 2. The second kappa shape index (κ2) is 10.9. The Kier molecular flexibility index (Phi) is 7.45. The van der Waals surface area contributed by atoms with Crippen LogP contribution in [-0.2, 0) is 4.79 Å². The lowest BCUT2D eigenvalue weighted by molar-refractivity contribution is -0.596. The highest BCUT2D eigenvalue weighted by Crippen LogP contribution is 2.26. The van der Waals surface area contributed by atoms with Gasteiger partial charge in [0.2, 0.25) is 12.3 Å². The minimum absolute atomic E-state index is 0.267. The third kappa shape index (κ3) is 5.35. The van der Waals surface area contributed by atoms with Gasteiger partial charge in [-0.3, -0.25) is 9.59 Å². The fourth-order valence-corrected chi connectivity index (χ4v) is 4.32. The van der Waals surface area contributed by atoms with E-state index in [1.807, 2.05) is 48.7 Å². The van der Waals surface area contributed by atoms with Gasteiger partial charge in [0.15, 0.2) is 6.04 Å². The van der Waals surface area contributed by atoms with Crippen molar-refractivity contribution >= 4 is 23.7 Å². The molecule has 180 valence electrons. The Morgan fingerprint density at radius 3 is 2.26 bits per heavy atom. The van der Waals surface area contributed by atoms with E-state index < -0.39 is 12.1 Å². The molecule has 0 aromatic heterocycles. The highest BCUT2D eigenvalue weighted by Gasteiger charge is 2.47. The van der Waals surface area contributed by atoms with Crippen molar-refractivity contribution in [1.29, 1.82) is 0 Å². The second-order valence-corrected chi connectivity index (χ2v) is 8.31. The summed E-state index contributed by atoms with van der Waals surface area (Å²) in [4.78, 5) is 28.3. The molecule has 3 aromatic rings. The molecule has 2 atom stereocenters. The number of benzene rings is 3. The summed E-state index contributed by atoms with van der Waals surface area (Å²) < 4.78 is 6.95. The van der Waals surface area contributed by atoms with Crippen LogP contribution in [0.25, 0.3) is 0 Å². The molecule has 7 heteroatoms. The molecule has 2 N–H and O–H groups in total. The highest BCUT2D eigenvalue weighted by molar-refractivity contribution is 5.98. The first-order valence-corrected chi connectivity index (χ1v) is 11.8. The summed E-state index contributed by atoms with van der Waals surface area (Å²) in [6, 6.07) is 23.6. The van der Waals surface area contributed by atoms with Gasteiger partial charge in [0.25, 0.3) is 5.91 Å². The van der Waals surface area contributed by atoms with E-state index in [2.05, 4.69) is 41.6 Å². The predicted octanol–water partition coefficient (Wildman–Crippen LogP) is 3.56. The Morgan fingerprint density at radius 1 is 1.00 bits per heavy atom. The van der Waals surface area contributed by atoms with Crippen LogP contribution in [-0.4, -0.2) is 49.0 Å². The van der Waals surface area contributed by atoms with Crippen LogP contribution in [0.2, 0.25) is 0 Å². The van der Waals surface area contributed by atoms with Crippen molar-refractivity contribution in [2.45, 2.75) is 25.9 Å². The van der Waals surface area contributed by atoms with Crippen LogP contribution in [0, 0.1) is 0 Å². The molecule has 0 radical (unpaired) electrons. The molecular weight excluding hydrogens is 440 g/mol. The number of hydrogen-bond acceptors (Lipinski definition) is 4. The first kappa shape index (κ1) is 24.0. The van der Waals surface area contributed by atoms with E-state index in [9.17, 15) is 9.59 Å². The zero-order valence-corrected chi connectivity index (χ0v) is 20.3. The molecule has 0 saturated carbocycles. The van der Waals surface area contributed by atoms with Crippen LogP contribution in [0.4, 0.5) is 5.69 Å². The van der Waals surface area contributed by atoms with E-state index in [4.69, 9.17) is 4.74 Å². The van der Waals surface area contributed by atoms with Gasteiger partial charge in [-0.1, -0.05) is 30.3 Å². The number of ether oxygens (including phenoxy) is 1. The molecule has 3 aromatic carbocycles. The molecule has 35 heavy (non-hydrogen) atoms. The number of methoxy groups -OCH3 is 1. The summed E-state index contributed by atoms with van der Waals surface area (Å²) in [7, 11) is 1.57. The van der Waals surface area contributed by atoms with E-state index in [1.54, 1.807) is 36.1 Å².